The van der Waals surface area contributed by atoms with E-state index in [0.29, 0.717) is 27.9 Å². The Morgan fingerprint density at radius 1 is 1.00 bits per heavy atom. The maximum atomic E-state index is 12.4. The number of halogens is 1. The fourth-order valence-corrected chi connectivity index (χ4v) is 2.67. The number of hydrogen-bond donors (Lipinski definition) is 2. The van der Waals surface area contributed by atoms with Gasteiger partial charge in [0.05, 0.1) is 22.6 Å². The topological polar surface area (TPSA) is 72.5 Å². The zero-order chi connectivity index (χ0) is 17.9. The third kappa shape index (κ3) is 3.41. The second kappa shape index (κ2) is 6.93. The maximum absolute atomic E-state index is 12.4. The van der Waals surface area contributed by atoms with Crippen LogP contribution in [0.1, 0.15) is 10.5 Å². The van der Waals surface area contributed by atoms with Crippen molar-refractivity contribution in [2.45, 2.75) is 0 Å². The Morgan fingerprint density at radius 3 is 2.62 bits per heavy atom. The lowest BCUT2D eigenvalue weighted by Gasteiger charge is -2.09. The van der Waals surface area contributed by atoms with E-state index < -0.39 is 0 Å². The Kier molecular flexibility index (Phi) is 4.33. The summed E-state index contributed by atoms with van der Waals surface area (Å²) in [6, 6.07) is 16.0. The lowest BCUT2D eigenvalue weighted by molar-refractivity contribution is 0.102. The number of ether oxygens (including phenoxy) is 2. The van der Waals surface area contributed by atoms with E-state index >= 15 is 0 Å². The Morgan fingerprint density at radius 2 is 1.81 bits per heavy atom. The fourth-order valence-electron chi connectivity index (χ4n) is 2.49. The molecule has 2 N–H and O–H groups in total. The summed E-state index contributed by atoms with van der Waals surface area (Å²) in [7, 11) is 0. The average molecular weight is 368 g/mol. The minimum Gasteiger partial charge on any atom is -0.454 e. The minimum atomic E-state index is -0.312. The third-order valence-corrected chi connectivity index (χ3v) is 4.11. The number of nitrogens with one attached hydrogen (secondary N) is 2. The molecule has 2 heterocycles. The molecule has 26 heavy (non-hydrogen) atoms. The van der Waals surface area contributed by atoms with E-state index in [4.69, 9.17) is 21.1 Å². The van der Waals surface area contributed by atoms with E-state index in [1.165, 1.54) is 0 Å². The molecule has 1 amide bonds. The second-order valence-electron chi connectivity index (χ2n) is 5.56. The number of benzene rings is 2. The van der Waals surface area contributed by atoms with Gasteiger partial charge < -0.3 is 20.1 Å². The highest BCUT2D eigenvalue weighted by molar-refractivity contribution is 6.33. The molecule has 0 unspecified atom stereocenters. The van der Waals surface area contributed by atoms with Crippen molar-refractivity contribution in [2.75, 3.05) is 17.4 Å². The van der Waals surface area contributed by atoms with Gasteiger partial charge in [-0.15, -0.1) is 0 Å². The van der Waals surface area contributed by atoms with Crippen molar-refractivity contribution in [3.8, 4) is 11.5 Å². The normalized spacial score (nSPS) is 11.9. The standard InChI is InChI=1S/C19H14ClN3O3/c20-14-3-1-2-4-15(14)22-13-5-7-16(21-10-13)19(24)23-12-6-8-17-18(9-12)26-11-25-17/h1-10,22H,11H2,(H,23,24). The van der Waals surface area contributed by atoms with Crippen molar-refractivity contribution in [1.82, 2.24) is 4.98 Å². The quantitative estimate of drug-likeness (QED) is 0.712. The van der Waals surface area contributed by atoms with Gasteiger partial charge in [-0.25, -0.2) is 4.98 Å². The van der Waals surface area contributed by atoms with Gasteiger partial charge in [-0.2, -0.15) is 0 Å². The number of hydrogen-bond acceptors (Lipinski definition) is 5. The molecule has 0 spiro atoms. The number of fused-ring (bicyclic) bond motifs is 1. The van der Waals surface area contributed by atoms with Crippen molar-refractivity contribution in [3.63, 3.8) is 0 Å². The molecule has 1 aliphatic heterocycles. The smallest absolute Gasteiger partial charge is 0.274 e. The van der Waals surface area contributed by atoms with Crippen LogP contribution in [0.2, 0.25) is 5.02 Å². The molecule has 7 heteroatoms. The van der Waals surface area contributed by atoms with Gasteiger partial charge in [-0.1, -0.05) is 23.7 Å². The van der Waals surface area contributed by atoms with E-state index in [9.17, 15) is 4.79 Å². The number of amides is 1. The summed E-state index contributed by atoms with van der Waals surface area (Å²) in [5.74, 6) is 0.958. The number of anilines is 3. The Labute approximate surface area is 154 Å². The lowest BCUT2D eigenvalue weighted by atomic mass is 10.2. The summed E-state index contributed by atoms with van der Waals surface area (Å²) >= 11 is 6.12. The molecule has 0 atom stereocenters. The van der Waals surface area contributed by atoms with Crippen LogP contribution in [0, 0.1) is 0 Å². The Balaban J connectivity index is 1.44. The molecule has 0 aliphatic carbocycles. The molecule has 2 aromatic carbocycles. The highest BCUT2D eigenvalue weighted by Gasteiger charge is 2.15. The van der Waals surface area contributed by atoms with Gasteiger partial charge in [0.25, 0.3) is 5.91 Å². The molecule has 0 fully saturated rings. The van der Waals surface area contributed by atoms with Crippen LogP contribution in [-0.4, -0.2) is 17.7 Å². The van der Waals surface area contributed by atoms with Gasteiger partial charge in [0.15, 0.2) is 11.5 Å². The van der Waals surface area contributed by atoms with Crippen LogP contribution in [0.4, 0.5) is 17.1 Å². The minimum absolute atomic E-state index is 0.189. The van der Waals surface area contributed by atoms with Gasteiger partial charge in [-0.3, -0.25) is 4.79 Å². The molecule has 130 valence electrons. The number of aromatic nitrogens is 1. The van der Waals surface area contributed by atoms with Gasteiger partial charge in [0.1, 0.15) is 5.69 Å². The highest BCUT2D eigenvalue weighted by Crippen LogP contribution is 2.34. The number of nitrogens with zero attached hydrogens (tertiary/aromatic N) is 1. The summed E-state index contributed by atoms with van der Waals surface area (Å²) in [6.45, 7) is 0.189. The maximum Gasteiger partial charge on any atom is 0.274 e. The zero-order valence-electron chi connectivity index (χ0n) is 13.5. The first kappa shape index (κ1) is 16.2. The van der Waals surface area contributed by atoms with Gasteiger partial charge >= 0.3 is 0 Å². The number of rotatable bonds is 4. The summed E-state index contributed by atoms with van der Waals surface area (Å²) in [6.07, 6.45) is 1.58. The summed E-state index contributed by atoms with van der Waals surface area (Å²) in [5.41, 5.74) is 2.41. The van der Waals surface area contributed by atoms with Gasteiger partial charge in [0.2, 0.25) is 6.79 Å². The average Bonchev–Trinajstić information content (AvgIpc) is 3.12. The first-order chi connectivity index (χ1) is 12.7. The number of carbonyl (C=O) groups excluding carboxylic acids is 1. The molecule has 4 rings (SSSR count). The van der Waals surface area contributed by atoms with Crippen LogP contribution in [0.5, 0.6) is 11.5 Å². The first-order valence-electron chi connectivity index (χ1n) is 7.88. The van der Waals surface area contributed by atoms with Crippen LogP contribution in [0.15, 0.2) is 60.8 Å². The predicted octanol–water partition coefficient (Wildman–Crippen LogP) is 4.46. The number of pyridine rings is 1. The van der Waals surface area contributed by atoms with Crippen LogP contribution >= 0.6 is 11.6 Å². The lowest BCUT2D eigenvalue weighted by Crippen LogP contribution is -2.13. The monoisotopic (exact) mass is 367 g/mol. The molecule has 1 aliphatic rings. The number of carbonyl (C=O) groups is 1. The fraction of sp³-hybridized carbons (Fsp3) is 0.0526. The molecule has 0 saturated heterocycles. The predicted molar refractivity (Wildman–Crippen MR) is 99.5 cm³/mol. The Hall–Kier alpha value is -3.25. The van der Waals surface area contributed by atoms with E-state index in [2.05, 4.69) is 15.6 Å². The first-order valence-corrected chi connectivity index (χ1v) is 8.25. The van der Waals surface area contributed by atoms with E-state index in [1.54, 1.807) is 42.6 Å². The molecule has 6 nitrogen and oxygen atoms in total. The van der Waals surface area contributed by atoms with Crippen LogP contribution in [-0.2, 0) is 0 Å². The summed E-state index contributed by atoms with van der Waals surface area (Å²) in [5, 5.41) is 6.56. The summed E-state index contributed by atoms with van der Waals surface area (Å²) in [4.78, 5) is 16.6. The zero-order valence-corrected chi connectivity index (χ0v) is 14.3. The molecule has 0 radical (unpaired) electrons. The van der Waals surface area contributed by atoms with E-state index in [-0.39, 0.29) is 12.7 Å². The Bertz CT molecular complexity index is 960. The van der Waals surface area contributed by atoms with Crippen molar-refractivity contribution >= 4 is 34.6 Å². The second-order valence-corrected chi connectivity index (χ2v) is 5.97. The molecule has 0 bridgehead atoms. The van der Waals surface area contributed by atoms with Crippen molar-refractivity contribution in [1.29, 1.82) is 0 Å². The van der Waals surface area contributed by atoms with Crippen LogP contribution < -0.4 is 20.1 Å². The van der Waals surface area contributed by atoms with Crippen molar-refractivity contribution in [3.05, 3.63) is 71.5 Å². The molecular weight excluding hydrogens is 354 g/mol. The molecular formula is C19H14ClN3O3. The van der Waals surface area contributed by atoms with Crippen molar-refractivity contribution in [2.24, 2.45) is 0 Å². The highest BCUT2D eigenvalue weighted by atomic mass is 35.5. The van der Waals surface area contributed by atoms with Crippen LogP contribution in [0.3, 0.4) is 0 Å². The van der Waals surface area contributed by atoms with E-state index in [1.807, 2.05) is 18.2 Å². The van der Waals surface area contributed by atoms with Crippen LogP contribution in [0.25, 0.3) is 0 Å². The SMILES string of the molecule is O=C(Nc1ccc2c(c1)OCO2)c1ccc(Nc2ccccc2Cl)cn1. The van der Waals surface area contributed by atoms with E-state index in [0.717, 1.165) is 11.4 Å². The van der Waals surface area contributed by atoms with Gasteiger partial charge in [-0.05, 0) is 36.4 Å². The molecule has 3 aromatic rings. The van der Waals surface area contributed by atoms with Crippen molar-refractivity contribution < 1.29 is 14.3 Å². The summed E-state index contributed by atoms with van der Waals surface area (Å²) < 4.78 is 10.5. The third-order valence-electron chi connectivity index (χ3n) is 3.78. The molecule has 0 saturated carbocycles. The largest absolute Gasteiger partial charge is 0.454 e. The molecule has 1 aromatic heterocycles. The van der Waals surface area contributed by atoms with Gasteiger partial charge in [0, 0.05) is 11.8 Å². The number of para-hydroxylation sites is 1.